The zero-order valence-corrected chi connectivity index (χ0v) is 8.93. The van der Waals surface area contributed by atoms with Crippen LogP contribution in [0.2, 0.25) is 0 Å². The molecule has 1 aromatic carbocycles. The van der Waals surface area contributed by atoms with Crippen LogP contribution in [0.1, 0.15) is 0 Å². The minimum atomic E-state index is -1.32. The Morgan fingerprint density at radius 2 is 1.68 bits per heavy atom. The van der Waals surface area contributed by atoms with Gasteiger partial charge in [0, 0.05) is 6.07 Å². The third-order valence-corrected chi connectivity index (χ3v) is 1.83. The van der Waals surface area contributed by atoms with Crippen LogP contribution >= 0.6 is 0 Å². The first-order valence-corrected chi connectivity index (χ1v) is 4.46. The topological polar surface area (TPSA) is 171 Å². The molecule has 1 aromatic rings. The second-order valence-electron chi connectivity index (χ2n) is 3.04. The van der Waals surface area contributed by atoms with Crippen molar-refractivity contribution in [2.75, 3.05) is 5.32 Å². The van der Waals surface area contributed by atoms with Crippen LogP contribution < -0.4 is 10.7 Å². The number of carbonyl (C=O) groups is 1. The second-order valence-corrected chi connectivity index (χ2v) is 3.04. The SMILES string of the molecule is O=C(Nc1ccc([N+](=O)[O-])cc1[N+](=O)[O-])N[N+](=O)[O-]. The molecule has 0 saturated heterocycles. The number of hydrogen-bond acceptors (Lipinski definition) is 7. The average Bonchev–Trinajstić information content (AvgIpc) is 2.27. The minimum Gasteiger partial charge on any atom is -0.298 e. The van der Waals surface area contributed by atoms with Crippen LogP contribution in [-0.4, -0.2) is 20.9 Å². The van der Waals surface area contributed by atoms with Gasteiger partial charge in [0.2, 0.25) is 0 Å². The lowest BCUT2D eigenvalue weighted by atomic mass is 10.2. The van der Waals surface area contributed by atoms with E-state index in [1.165, 1.54) is 5.43 Å². The quantitative estimate of drug-likeness (QED) is 0.602. The molecule has 0 unspecified atom stereocenters. The number of benzene rings is 1. The monoisotopic (exact) mass is 271 g/mol. The maximum atomic E-state index is 11.0. The Morgan fingerprint density at radius 3 is 2.16 bits per heavy atom. The molecule has 0 heterocycles. The van der Waals surface area contributed by atoms with Crippen LogP contribution in [0, 0.1) is 30.3 Å². The summed E-state index contributed by atoms with van der Waals surface area (Å²) >= 11 is 0. The number of hydrogen-bond donors (Lipinski definition) is 2. The van der Waals surface area contributed by atoms with Gasteiger partial charge in [-0.15, -0.1) is 0 Å². The van der Waals surface area contributed by atoms with Crippen molar-refractivity contribution in [3.05, 3.63) is 48.5 Å². The van der Waals surface area contributed by atoms with E-state index in [-0.39, 0.29) is 0 Å². The van der Waals surface area contributed by atoms with Gasteiger partial charge in [-0.2, -0.15) is 0 Å². The Labute approximate surface area is 103 Å². The van der Waals surface area contributed by atoms with Gasteiger partial charge < -0.3 is 0 Å². The van der Waals surface area contributed by atoms with E-state index in [1.54, 1.807) is 0 Å². The van der Waals surface area contributed by atoms with E-state index in [4.69, 9.17) is 0 Å². The van der Waals surface area contributed by atoms with Gasteiger partial charge in [-0.1, -0.05) is 5.43 Å². The van der Waals surface area contributed by atoms with Crippen molar-refractivity contribution in [3.8, 4) is 0 Å². The molecule has 0 aromatic heterocycles. The van der Waals surface area contributed by atoms with Gasteiger partial charge in [0.25, 0.3) is 11.4 Å². The maximum absolute atomic E-state index is 11.0. The van der Waals surface area contributed by atoms with E-state index in [1.807, 2.05) is 5.32 Å². The largest absolute Gasteiger partial charge is 0.377 e. The Balaban J connectivity index is 3.07. The molecule has 0 aliphatic carbocycles. The highest BCUT2D eigenvalue weighted by molar-refractivity contribution is 5.91. The van der Waals surface area contributed by atoms with Crippen LogP contribution in [0.5, 0.6) is 0 Å². The molecule has 2 N–H and O–H groups in total. The maximum Gasteiger partial charge on any atom is 0.377 e. The summed E-state index contributed by atoms with van der Waals surface area (Å²) in [5.74, 6) is 0. The van der Waals surface area contributed by atoms with Crippen LogP contribution in [0.25, 0.3) is 0 Å². The van der Waals surface area contributed by atoms with E-state index in [0.717, 1.165) is 12.1 Å². The fourth-order valence-corrected chi connectivity index (χ4v) is 1.12. The molecule has 1 rings (SSSR count). The molecule has 0 atom stereocenters. The summed E-state index contributed by atoms with van der Waals surface area (Å²) in [6.45, 7) is 0. The Morgan fingerprint density at radius 1 is 1.05 bits per heavy atom. The molecule has 0 saturated carbocycles. The van der Waals surface area contributed by atoms with E-state index in [2.05, 4.69) is 0 Å². The first-order chi connectivity index (χ1) is 8.81. The highest BCUT2D eigenvalue weighted by Gasteiger charge is 2.21. The smallest absolute Gasteiger partial charge is 0.298 e. The summed E-state index contributed by atoms with van der Waals surface area (Å²) in [4.78, 5) is 40.3. The van der Waals surface area contributed by atoms with Crippen molar-refractivity contribution in [2.45, 2.75) is 0 Å². The molecule has 100 valence electrons. The summed E-state index contributed by atoms with van der Waals surface area (Å²) in [5, 5.41) is 31.8. The van der Waals surface area contributed by atoms with Crippen LogP contribution in [-0.2, 0) is 0 Å². The number of amides is 2. The molecule has 2 amide bonds. The molecule has 0 aliphatic rings. The summed E-state index contributed by atoms with van der Waals surface area (Å²) in [7, 11) is 0. The second kappa shape index (κ2) is 5.35. The van der Waals surface area contributed by atoms with Gasteiger partial charge in [0.15, 0.2) is 5.03 Å². The van der Waals surface area contributed by atoms with Gasteiger partial charge in [-0.05, 0) is 6.07 Å². The lowest BCUT2D eigenvalue weighted by Gasteiger charge is -2.03. The van der Waals surface area contributed by atoms with Crippen molar-refractivity contribution in [3.63, 3.8) is 0 Å². The summed E-state index contributed by atoms with van der Waals surface area (Å²) < 4.78 is 0. The van der Waals surface area contributed by atoms with Gasteiger partial charge in [0.1, 0.15) is 5.69 Å². The molecule has 12 heteroatoms. The first-order valence-electron chi connectivity index (χ1n) is 4.46. The van der Waals surface area contributed by atoms with Crippen molar-refractivity contribution in [2.24, 2.45) is 0 Å². The number of urea groups is 1. The Kier molecular flexibility index (Phi) is 3.87. The van der Waals surface area contributed by atoms with Gasteiger partial charge in [0.05, 0.1) is 15.9 Å². The minimum absolute atomic E-state index is 0.407. The van der Waals surface area contributed by atoms with Crippen molar-refractivity contribution in [1.29, 1.82) is 0 Å². The average molecular weight is 271 g/mol. The number of carbonyl (C=O) groups excluding carboxylic acids is 1. The van der Waals surface area contributed by atoms with Crippen LogP contribution in [0.15, 0.2) is 18.2 Å². The molecular formula is C7H5N5O7. The molecule has 12 nitrogen and oxygen atoms in total. The lowest BCUT2D eigenvalue weighted by Crippen LogP contribution is -2.33. The van der Waals surface area contributed by atoms with Gasteiger partial charge in [-0.3, -0.25) is 25.5 Å². The Bertz CT molecular complexity index is 571. The number of rotatable bonds is 4. The third-order valence-electron chi connectivity index (χ3n) is 1.83. The first kappa shape index (κ1) is 13.8. The number of nitrogens with zero attached hydrogens (tertiary/aromatic N) is 3. The normalized spacial score (nSPS) is 9.47. The summed E-state index contributed by atoms with van der Waals surface area (Å²) in [6, 6.07) is 1.12. The van der Waals surface area contributed by atoms with E-state index < -0.39 is 38.0 Å². The molecule has 0 radical (unpaired) electrons. The molecule has 19 heavy (non-hydrogen) atoms. The highest BCUT2D eigenvalue weighted by atomic mass is 16.7. The van der Waals surface area contributed by atoms with E-state index in [0.29, 0.717) is 6.07 Å². The van der Waals surface area contributed by atoms with Gasteiger partial charge >= 0.3 is 6.03 Å². The molecule has 0 fully saturated rings. The lowest BCUT2D eigenvalue weighted by molar-refractivity contribution is -0.527. The molecule has 0 spiro atoms. The number of non-ortho nitro benzene ring substituents is 1. The van der Waals surface area contributed by atoms with Crippen LogP contribution in [0.4, 0.5) is 21.9 Å². The predicted octanol–water partition coefficient (Wildman–Crippen LogP) is 0.816. The number of anilines is 1. The molecular weight excluding hydrogens is 266 g/mol. The fourth-order valence-electron chi connectivity index (χ4n) is 1.12. The highest BCUT2D eigenvalue weighted by Crippen LogP contribution is 2.28. The standard InChI is InChI=1S/C7H5N5O7/c13-7(9-12(18)19)8-5-2-1-4(10(14)15)3-6(5)11(16)17/h1-3H,(H2,8,9,13). The van der Waals surface area contributed by atoms with Crippen LogP contribution in [0.3, 0.4) is 0 Å². The van der Waals surface area contributed by atoms with Gasteiger partial charge in [-0.25, -0.2) is 14.9 Å². The number of nitrogens with one attached hydrogen (secondary N) is 2. The number of hydrazine groups is 1. The van der Waals surface area contributed by atoms with E-state index >= 15 is 0 Å². The zero-order chi connectivity index (χ0) is 14.6. The van der Waals surface area contributed by atoms with E-state index in [9.17, 15) is 35.1 Å². The molecule has 0 aliphatic heterocycles. The summed E-state index contributed by atoms with van der Waals surface area (Å²) in [5.41, 5.74) is -0.503. The third kappa shape index (κ3) is 3.58. The Hall–Kier alpha value is -3.31. The van der Waals surface area contributed by atoms with Crippen molar-refractivity contribution >= 4 is 23.1 Å². The van der Waals surface area contributed by atoms with Crippen molar-refractivity contribution < 1.29 is 19.7 Å². The zero-order valence-electron chi connectivity index (χ0n) is 8.93. The molecule has 0 bridgehead atoms. The number of nitro groups is 3. The summed E-state index contributed by atoms with van der Waals surface area (Å²) in [6.07, 6.45) is 0. The van der Waals surface area contributed by atoms with Crippen molar-refractivity contribution in [1.82, 2.24) is 5.43 Å². The number of nitro benzene ring substituents is 2. The fraction of sp³-hybridized carbons (Fsp3) is 0. The predicted molar refractivity (Wildman–Crippen MR) is 58.9 cm³/mol.